The summed E-state index contributed by atoms with van der Waals surface area (Å²) in [5.41, 5.74) is 0. The van der Waals surface area contributed by atoms with Gasteiger partial charge in [-0.15, -0.1) is 11.3 Å². The minimum Gasteiger partial charge on any atom is -0.366 e. The monoisotopic (exact) mass is 304 g/mol. The van der Waals surface area contributed by atoms with Crippen molar-refractivity contribution in [2.24, 2.45) is 11.8 Å². The third-order valence-corrected chi connectivity index (χ3v) is 5.58. The van der Waals surface area contributed by atoms with E-state index in [4.69, 9.17) is 4.98 Å². The van der Waals surface area contributed by atoms with Crippen LogP contribution in [0, 0.1) is 18.8 Å². The molecule has 0 bridgehead atoms. The van der Waals surface area contributed by atoms with Crippen LogP contribution in [0.15, 0.2) is 6.07 Å². The number of aryl methyl sites for hydroxylation is 1. The summed E-state index contributed by atoms with van der Waals surface area (Å²) in [5, 5.41) is 8.09. The number of fused-ring (bicyclic) bond motifs is 1. The zero-order valence-corrected chi connectivity index (χ0v) is 14.0. The number of aromatic nitrogens is 2. The van der Waals surface area contributed by atoms with Crippen molar-refractivity contribution in [1.82, 2.24) is 9.97 Å². The maximum atomic E-state index is 4.70. The van der Waals surface area contributed by atoms with E-state index in [1.165, 1.54) is 17.7 Å². The molecule has 2 aromatic rings. The van der Waals surface area contributed by atoms with Gasteiger partial charge in [-0.3, -0.25) is 0 Å². The minimum atomic E-state index is 0.521. The summed E-state index contributed by atoms with van der Waals surface area (Å²) < 4.78 is 0. The maximum Gasteiger partial charge on any atom is 0.226 e. The van der Waals surface area contributed by atoms with Crippen molar-refractivity contribution in [2.45, 2.75) is 46.6 Å². The first-order valence-corrected chi connectivity index (χ1v) is 8.68. The molecule has 0 radical (unpaired) electrons. The normalized spacial score (nSPS) is 25.4. The Kier molecular flexibility index (Phi) is 4.02. The van der Waals surface area contributed by atoms with Crippen molar-refractivity contribution in [1.29, 1.82) is 0 Å². The molecule has 114 valence electrons. The topological polar surface area (TPSA) is 49.8 Å². The zero-order valence-electron chi connectivity index (χ0n) is 13.2. The third kappa shape index (κ3) is 2.84. The molecule has 3 atom stereocenters. The summed E-state index contributed by atoms with van der Waals surface area (Å²) in [6, 6.07) is 2.72. The van der Waals surface area contributed by atoms with Gasteiger partial charge in [-0.25, -0.2) is 4.98 Å². The minimum absolute atomic E-state index is 0.521. The van der Waals surface area contributed by atoms with Gasteiger partial charge in [0.25, 0.3) is 0 Å². The summed E-state index contributed by atoms with van der Waals surface area (Å²) in [6.07, 6.45) is 2.53. The number of nitrogens with one attached hydrogen (secondary N) is 2. The number of hydrogen-bond acceptors (Lipinski definition) is 5. The molecule has 5 heteroatoms. The maximum absolute atomic E-state index is 4.70. The average molecular weight is 304 g/mol. The van der Waals surface area contributed by atoms with E-state index in [0.29, 0.717) is 12.0 Å². The average Bonchev–Trinajstić information content (AvgIpc) is 2.96. The summed E-state index contributed by atoms with van der Waals surface area (Å²) in [4.78, 5) is 11.7. The van der Waals surface area contributed by atoms with E-state index in [0.717, 1.165) is 34.4 Å². The molecule has 0 aromatic carbocycles. The third-order valence-electron chi connectivity index (χ3n) is 4.64. The van der Waals surface area contributed by atoms with Crippen LogP contribution in [0.25, 0.3) is 10.2 Å². The Labute approximate surface area is 130 Å². The molecule has 4 nitrogen and oxygen atoms in total. The van der Waals surface area contributed by atoms with Crippen LogP contribution in [0.5, 0.6) is 0 Å². The van der Waals surface area contributed by atoms with Gasteiger partial charge in [0.1, 0.15) is 10.6 Å². The Morgan fingerprint density at radius 2 is 2.10 bits per heavy atom. The molecular weight excluding hydrogens is 280 g/mol. The highest BCUT2D eigenvalue weighted by Gasteiger charge is 2.30. The highest BCUT2D eigenvalue weighted by molar-refractivity contribution is 7.18. The fraction of sp³-hybridized carbons (Fsp3) is 0.625. The van der Waals surface area contributed by atoms with E-state index >= 15 is 0 Å². The first-order chi connectivity index (χ1) is 10.1. The second kappa shape index (κ2) is 5.79. The molecule has 2 aromatic heterocycles. The molecule has 21 heavy (non-hydrogen) atoms. The SMILES string of the molecule is CCNc1nc(NC2CCC(C)C2C)c2cc(C)sc2n1. The van der Waals surface area contributed by atoms with Crippen molar-refractivity contribution in [3.05, 3.63) is 10.9 Å². The Morgan fingerprint density at radius 3 is 2.76 bits per heavy atom. The Bertz CT molecular complexity index is 636. The summed E-state index contributed by atoms with van der Waals surface area (Å²) in [6.45, 7) is 9.73. The standard InChI is InChI=1S/C16H24N4S/c1-5-17-16-19-14(12-8-10(3)21-15(12)20-16)18-13-7-6-9(2)11(13)4/h8-9,11,13H,5-7H2,1-4H3,(H2,17,18,19,20). The Morgan fingerprint density at radius 1 is 1.29 bits per heavy atom. The highest BCUT2D eigenvalue weighted by Crippen LogP contribution is 2.36. The lowest BCUT2D eigenvalue weighted by Gasteiger charge is -2.21. The molecule has 3 unspecified atom stereocenters. The summed E-state index contributed by atoms with van der Waals surface area (Å²) >= 11 is 1.73. The summed E-state index contributed by atoms with van der Waals surface area (Å²) in [7, 11) is 0. The van der Waals surface area contributed by atoms with Gasteiger partial charge in [-0.1, -0.05) is 13.8 Å². The van der Waals surface area contributed by atoms with Gasteiger partial charge in [0.15, 0.2) is 0 Å². The lowest BCUT2D eigenvalue weighted by atomic mass is 9.98. The van der Waals surface area contributed by atoms with Crippen molar-refractivity contribution in [3.8, 4) is 0 Å². The molecule has 0 amide bonds. The largest absolute Gasteiger partial charge is 0.366 e. The van der Waals surface area contributed by atoms with Crippen molar-refractivity contribution >= 4 is 33.3 Å². The number of hydrogen-bond donors (Lipinski definition) is 2. The smallest absolute Gasteiger partial charge is 0.226 e. The number of anilines is 2. The van der Waals surface area contributed by atoms with Gasteiger partial charge in [-0.2, -0.15) is 4.98 Å². The van der Waals surface area contributed by atoms with E-state index in [9.17, 15) is 0 Å². The molecule has 1 aliphatic rings. The number of thiophene rings is 1. The Hall–Kier alpha value is -1.36. The molecule has 0 aliphatic heterocycles. The van der Waals surface area contributed by atoms with Gasteiger partial charge >= 0.3 is 0 Å². The Balaban J connectivity index is 1.95. The fourth-order valence-electron chi connectivity index (χ4n) is 3.13. The molecule has 2 N–H and O–H groups in total. The van der Waals surface area contributed by atoms with Crippen LogP contribution in [0.3, 0.4) is 0 Å². The molecule has 1 saturated carbocycles. The van der Waals surface area contributed by atoms with E-state index in [1.807, 2.05) is 0 Å². The quantitative estimate of drug-likeness (QED) is 0.885. The fourth-order valence-corrected chi connectivity index (χ4v) is 4.01. The predicted molar refractivity (Wildman–Crippen MR) is 91.3 cm³/mol. The van der Waals surface area contributed by atoms with Crippen LogP contribution in [0.2, 0.25) is 0 Å². The molecular formula is C16H24N4S. The molecule has 0 spiro atoms. The van der Waals surface area contributed by atoms with E-state index in [2.05, 4.69) is 49.4 Å². The van der Waals surface area contributed by atoms with Crippen molar-refractivity contribution in [2.75, 3.05) is 17.2 Å². The first kappa shape index (κ1) is 14.6. The molecule has 2 heterocycles. The number of rotatable bonds is 4. The predicted octanol–water partition coefficient (Wildman–Crippen LogP) is 4.28. The van der Waals surface area contributed by atoms with Crippen LogP contribution in [-0.4, -0.2) is 22.6 Å². The van der Waals surface area contributed by atoms with Gasteiger partial charge < -0.3 is 10.6 Å². The highest BCUT2D eigenvalue weighted by atomic mass is 32.1. The summed E-state index contributed by atoms with van der Waals surface area (Å²) in [5.74, 6) is 3.20. The molecule has 1 aliphatic carbocycles. The van der Waals surface area contributed by atoms with Crippen molar-refractivity contribution in [3.63, 3.8) is 0 Å². The lowest BCUT2D eigenvalue weighted by molar-refractivity contribution is 0.435. The molecule has 0 saturated heterocycles. The van der Waals surface area contributed by atoms with Crippen LogP contribution >= 0.6 is 11.3 Å². The van der Waals surface area contributed by atoms with Crippen LogP contribution in [-0.2, 0) is 0 Å². The number of nitrogens with zero attached hydrogens (tertiary/aromatic N) is 2. The van der Waals surface area contributed by atoms with Gasteiger partial charge in [0.05, 0.1) is 5.39 Å². The van der Waals surface area contributed by atoms with Crippen LogP contribution in [0.4, 0.5) is 11.8 Å². The molecule has 3 rings (SSSR count). The first-order valence-electron chi connectivity index (χ1n) is 7.87. The van der Waals surface area contributed by atoms with Gasteiger partial charge in [0.2, 0.25) is 5.95 Å². The second-order valence-corrected chi connectivity index (χ2v) is 7.40. The van der Waals surface area contributed by atoms with Gasteiger partial charge in [0, 0.05) is 17.5 Å². The van der Waals surface area contributed by atoms with E-state index in [1.54, 1.807) is 11.3 Å². The van der Waals surface area contributed by atoms with E-state index < -0.39 is 0 Å². The lowest BCUT2D eigenvalue weighted by Crippen LogP contribution is -2.25. The zero-order chi connectivity index (χ0) is 15.0. The van der Waals surface area contributed by atoms with Crippen LogP contribution < -0.4 is 10.6 Å². The van der Waals surface area contributed by atoms with Gasteiger partial charge in [-0.05, 0) is 44.6 Å². The van der Waals surface area contributed by atoms with Crippen LogP contribution in [0.1, 0.15) is 38.5 Å². The van der Waals surface area contributed by atoms with E-state index in [-0.39, 0.29) is 0 Å². The molecule has 1 fully saturated rings. The second-order valence-electron chi connectivity index (χ2n) is 6.17. The van der Waals surface area contributed by atoms with Crippen molar-refractivity contribution < 1.29 is 0 Å².